The van der Waals surface area contributed by atoms with Crippen LogP contribution in [0.4, 0.5) is 5.95 Å². The molecule has 0 aliphatic heterocycles. The number of nitrogens with two attached hydrogens (primary N) is 1. The fraction of sp³-hybridized carbons (Fsp3) is 0.692. The number of hydrogen-bond donors (Lipinski definition) is 2. The molecule has 2 aromatic rings. The number of nitrogens with one attached hydrogen (secondary N) is 1. The molecule has 1 aliphatic rings. The Morgan fingerprint density at radius 3 is 3.00 bits per heavy atom. The van der Waals surface area contributed by atoms with Gasteiger partial charge in [0.05, 0.1) is 0 Å². The second-order valence-corrected chi connectivity index (χ2v) is 5.59. The van der Waals surface area contributed by atoms with Crippen LogP contribution in [-0.2, 0) is 10.3 Å². The number of rotatable bonds is 4. The van der Waals surface area contributed by atoms with E-state index >= 15 is 0 Å². The standard InChI is InChI=1S/C13H20N6O2/c1-3-20-13(6-4-5-8(2)7-13)11-16-10(21-19-11)9-15-12(14)18-17-9/h8H,3-7H2,1-2H3,(H3,14,15,17,18). The van der Waals surface area contributed by atoms with Gasteiger partial charge < -0.3 is 15.0 Å². The van der Waals surface area contributed by atoms with Crippen LogP contribution in [0.5, 0.6) is 0 Å². The van der Waals surface area contributed by atoms with Gasteiger partial charge in [0, 0.05) is 6.61 Å². The van der Waals surface area contributed by atoms with Crippen LogP contribution < -0.4 is 5.73 Å². The molecule has 8 heteroatoms. The van der Waals surface area contributed by atoms with Gasteiger partial charge >= 0.3 is 0 Å². The fourth-order valence-corrected chi connectivity index (χ4v) is 3.05. The number of aromatic nitrogens is 5. The van der Waals surface area contributed by atoms with Crippen molar-refractivity contribution in [2.45, 2.75) is 45.1 Å². The van der Waals surface area contributed by atoms with Gasteiger partial charge in [-0.1, -0.05) is 18.5 Å². The summed E-state index contributed by atoms with van der Waals surface area (Å²) in [6.45, 7) is 4.83. The van der Waals surface area contributed by atoms with Gasteiger partial charge in [-0.2, -0.15) is 9.97 Å². The van der Waals surface area contributed by atoms with E-state index in [-0.39, 0.29) is 11.8 Å². The molecule has 2 heterocycles. The molecule has 0 aromatic carbocycles. The Balaban J connectivity index is 1.91. The van der Waals surface area contributed by atoms with Gasteiger partial charge in [0.1, 0.15) is 5.60 Å². The molecule has 1 fully saturated rings. The first-order chi connectivity index (χ1) is 10.1. The third-order valence-electron chi connectivity index (χ3n) is 3.92. The molecule has 3 rings (SSSR count). The highest BCUT2D eigenvalue weighted by Crippen LogP contribution is 2.42. The zero-order valence-electron chi connectivity index (χ0n) is 12.3. The second-order valence-electron chi connectivity index (χ2n) is 5.59. The van der Waals surface area contributed by atoms with Crippen molar-refractivity contribution in [3.63, 3.8) is 0 Å². The van der Waals surface area contributed by atoms with Crippen LogP contribution in [0.2, 0.25) is 0 Å². The molecule has 3 N–H and O–H groups in total. The molecule has 8 nitrogen and oxygen atoms in total. The number of nitrogens with zero attached hydrogens (tertiary/aromatic N) is 4. The second kappa shape index (κ2) is 5.44. The zero-order chi connectivity index (χ0) is 14.9. The van der Waals surface area contributed by atoms with Gasteiger partial charge in [-0.15, -0.1) is 5.10 Å². The van der Waals surface area contributed by atoms with E-state index in [1.165, 1.54) is 6.42 Å². The first-order valence-corrected chi connectivity index (χ1v) is 7.29. The molecule has 0 spiro atoms. The van der Waals surface area contributed by atoms with Crippen LogP contribution in [-0.4, -0.2) is 31.9 Å². The van der Waals surface area contributed by atoms with Crippen molar-refractivity contribution in [3.05, 3.63) is 5.82 Å². The van der Waals surface area contributed by atoms with E-state index in [0.717, 1.165) is 19.3 Å². The Bertz CT molecular complexity index is 605. The summed E-state index contributed by atoms with van der Waals surface area (Å²) < 4.78 is 11.3. The number of ether oxygens (including phenoxy) is 1. The largest absolute Gasteiger partial charge is 0.367 e. The predicted octanol–water partition coefficient (Wildman–Crippen LogP) is 1.88. The van der Waals surface area contributed by atoms with Gasteiger partial charge in [-0.3, -0.25) is 5.10 Å². The van der Waals surface area contributed by atoms with Crippen LogP contribution in [0, 0.1) is 5.92 Å². The number of H-pyrrole nitrogens is 1. The van der Waals surface area contributed by atoms with E-state index in [1.54, 1.807) is 0 Å². The third-order valence-corrected chi connectivity index (χ3v) is 3.92. The molecular formula is C13H20N6O2. The fourth-order valence-electron chi connectivity index (χ4n) is 3.05. The van der Waals surface area contributed by atoms with Gasteiger partial charge in [-0.05, 0) is 32.1 Å². The van der Waals surface area contributed by atoms with Gasteiger partial charge in [0.2, 0.25) is 17.6 Å². The summed E-state index contributed by atoms with van der Waals surface area (Å²) in [4.78, 5) is 8.45. The van der Waals surface area contributed by atoms with Crippen LogP contribution in [0.25, 0.3) is 11.7 Å². The Labute approximate surface area is 122 Å². The Kier molecular flexibility index (Phi) is 3.62. The SMILES string of the molecule is CCOC1(c2noc(-c3nc(N)n[nH]3)n2)CCCC(C)C1. The molecule has 0 amide bonds. The lowest BCUT2D eigenvalue weighted by atomic mass is 9.78. The minimum atomic E-state index is -0.459. The molecule has 21 heavy (non-hydrogen) atoms. The molecule has 114 valence electrons. The van der Waals surface area contributed by atoms with E-state index < -0.39 is 5.60 Å². The normalized spacial score (nSPS) is 26.1. The van der Waals surface area contributed by atoms with Crippen molar-refractivity contribution in [3.8, 4) is 11.7 Å². The summed E-state index contributed by atoms with van der Waals surface area (Å²) in [5, 5.41) is 10.5. The van der Waals surface area contributed by atoms with Crippen molar-refractivity contribution < 1.29 is 9.26 Å². The Morgan fingerprint density at radius 1 is 1.48 bits per heavy atom. The Hall–Kier alpha value is -1.96. The number of hydrogen-bond acceptors (Lipinski definition) is 7. The number of nitrogen functional groups attached to an aromatic ring is 1. The van der Waals surface area contributed by atoms with Crippen molar-refractivity contribution in [2.75, 3.05) is 12.3 Å². The molecule has 1 saturated carbocycles. The first kappa shape index (κ1) is 14.0. The maximum atomic E-state index is 6.03. The highest BCUT2D eigenvalue weighted by molar-refractivity contribution is 5.41. The summed E-state index contributed by atoms with van der Waals surface area (Å²) in [5.41, 5.74) is 5.03. The quantitative estimate of drug-likeness (QED) is 0.883. The average molecular weight is 292 g/mol. The molecule has 0 radical (unpaired) electrons. The maximum absolute atomic E-state index is 6.03. The maximum Gasteiger partial charge on any atom is 0.295 e. The van der Waals surface area contributed by atoms with Crippen LogP contribution >= 0.6 is 0 Å². The minimum Gasteiger partial charge on any atom is -0.367 e. The van der Waals surface area contributed by atoms with Gasteiger partial charge in [0.15, 0.2) is 0 Å². The van der Waals surface area contributed by atoms with Crippen LogP contribution in [0.3, 0.4) is 0 Å². The molecule has 0 saturated heterocycles. The van der Waals surface area contributed by atoms with Gasteiger partial charge in [0.25, 0.3) is 5.89 Å². The van der Waals surface area contributed by atoms with E-state index in [2.05, 4.69) is 32.2 Å². The Morgan fingerprint density at radius 2 is 2.33 bits per heavy atom. The highest BCUT2D eigenvalue weighted by Gasteiger charge is 2.41. The molecule has 0 bridgehead atoms. The van der Waals surface area contributed by atoms with E-state index in [1.807, 2.05) is 6.92 Å². The summed E-state index contributed by atoms with van der Waals surface area (Å²) in [5.74, 6) is 1.97. The minimum absolute atomic E-state index is 0.149. The smallest absolute Gasteiger partial charge is 0.295 e. The average Bonchev–Trinajstić information content (AvgIpc) is 3.07. The third kappa shape index (κ3) is 2.63. The van der Waals surface area contributed by atoms with Crippen molar-refractivity contribution in [2.24, 2.45) is 5.92 Å². The summed E-state index contributed by atoms with van der Waals surface area (Å²) in [6, 6.07) is 0. The van der Waals surface area contributed by atoms with Crippen LogP contribution in [0.15, 0.2) is 4.52 Å². The molecule has 2 unspecified atom stereocenters. The number of anilines is 1. The van der Waals surface area contributed by atoms with E-state index in [9.17, 15) is 0 Å². The monoisotopic (exact) mass is 292 g/mol. The van der Waals surface area contributed by atoms with Gasteiger partial charge in [-0.25, -0.2) is 0 Å². The number of aromatic amines is 1. The first-order valence-electron chi connectivity index (χ1n) is 7.29. The lowest BCUT2D eigenvalue weighted by molar-refractivity contribution is -0.0891. The van der Waals surface area contributed by atoms with Crippen molar-refractivity contribution in [1.82, 2.24) is 25.3 Å². The van der Waals surface area contributed by atoms with E-state index in [4.69, 9.17) is 15.0 Å². The lowest BCUT2D eigenvalue weighted by Gasteiger charge is -2.37. The molecular weight excluding hydrogens is 272 g/mol. The zero-order valence-corrected chi connectivity index (χ0v) is 12.3. The molecule has 1 aliphatic carbocycles. The van der Waals surface area contributed by atoms with Crippen LogP contribution in [0.1, 0.15) is 45.4 Å². The molecule has 2 atom stereocenters. The summed E-state index contributed by atoms with van der Waals surface area (Å²) in [6.07, 6.45) is 4.11. The highest BCUT2D eigenvalue weighted by atomic mass is 16.5. The van der Waals surface area contributed by atoms with E-state index in [0.29, 0.717) is 24.2 Å². The molecule has 2 aromatic heterocycles. The van der Waals surface area contributed by atoms with Crippen molar-refractivity contribution in [1.29, 1.82) is 0 Å². The van der Waals surface area contributed by atoms with Crippen molar-refractivity contribution >= 4 is 5.95 Å². The summed E-state index contributed by atoms with van der Waals surface area (Å²) >= 11 is 0. The summed E-state index contributed by atoms with van der Waals surface area (Å²) in [7, 11) is 0. The topological polar surface area (TPSA) is 116 Å². The lowest BCUT2D eigenvalue weighted by Crippen LogP contribution is -2.36. The predicted molar refractivity (Wildman–Crippen MR) is 75.0 cm³/mol.